The fraction of sp³-hybridized carbons (Fsp3) is 0.700. The van der Waals surface area contributed by atoms with Crippen LogP contribution in [-0.2, 0) is 4.79 Å². The average molecular weight is 150 g/mol. The van der Waals surface area contributed by atoms with Gasteiger partial charge in [0.05, 0.1) is 0 Å². The summed E-state index contributed by atoms with van der Waals surface area (Å²) < 4.78 is 0. The van der Waals surface area contributed by atoms with Crippen molar-refractivity contribution in [2.24, 2.45) is 11.3 Å². The van der Waals surface area contributed by atoms with Gasteiger partial charge in [-0.25, -0.2) is 0 Å². The lowest BCUT2D eigenvalue weighted by Crippen LogP contribution is -2.15. The van der Waals surface area contributed by atoms with Crippen LogP contribution < -0.4 is 0 Å². The first-order valence-corrected chi connectivity index (χ1v) is 4.35. The van der Waals surface area contributed by atoms with Crippen molar-refractivity contribution >= 4 is 5.78 Å². The number of carbonyl (C=O) groups is 1. The van der Waals surface area contributed by atoms with Crippen molar-refractivity contribution in [1.82, 2.24) is 0 Å². The van der Waals surface area contributed by atoms with Crippen molar-refractivity contribution < 1.29 is 4.79 Å². The second-order valence-electron chi connectivity index (χ2n) is 3.99. The standard InChI is InChI=1S/C10H14O/c1-7(11)6-9-8(2)10(9)4-3-5-10/h9H,2-6H2,1H3. The molecule has 11 heavy (non-hydrogen) atoms. The molecule has 0 saturated heterocycles. The number of hydrogen-bond donors (Lipinski definition) is 0. The van der Waals surface area contributed by atoms with E-state index in [1.165, 1.54) is 24.8 Å². The van der Waals surface area contributed by atoms with Crippen molar-refractivity contribution in [1.29, 1.82) is 0 Å². The summed E-state index contributed by atoms with van der Waals surface area (Å²) in [6, 6.07) is 0. The fourth-order valence-electron chi connectivity index (χ4n) is 2.41. The number of ketones is 1. The van der Waals surface area contributed by atoms with E-state index >= 15 is 0 Å². The normalized spacial score (nSPS) is 31.7. The minimum Gasteiger partial charge on any atom is -0.300 e. The van der Waals surface area contributed by atoms with Crippen LogP contribution in [0.5, 0.6) is 0 Å². The minimum atomic E-state index is 0.319. The van der Waals surface area contributed by atoms with Gasteiger partial charge in [-0.05, 0) is 31.1 Å². The molecule has 0 aliphatic heterocycles. The molecule has 1 unspecified atom stereocenters. The number of hydrogen-bond acceptors (Lipinski definition) is 1. The van der Waals surface area contributed by atoms with E-state index in [-0.39, 0.29) is 0 Å². The van der Waals surface area contributed by atoms with Crippen molar-refractivity contribution in [2.75, 3.05) is 0 Å². The number of rotatable bonds is 2. The van der Waals surface area contributed by atoms with Gasteiger partial charge in [0.15, 0.2) is 0 Å². The topological polar surface area (TPSA) is 17.1 Å². The Balaban J connectivity index is 1.99. The van der Waals surface area contributed by atoms with E-state index < -0.39 is 0 Å². The highest BCUT2D eigenvalue weighted by Gasteiger charge is 2.61. The zero-order valence-corrected chi connectivity index (χ0v) is 7.02. The maximum Gasteiger partial charge on any atom is 0.130 e. The summed E-state index contributed by atoms with van der Waals surface area (Å²) in [5.74, 6) is 0.883. The van der Waals surface area contributed by atoms with E-state index in [2.05, 4.69) is 6.58 Å². The first-order valence-electron chi connectivity index (χ1n) is 4.35. The maximum atomic E-state index is 10.8. The van der Waals surface area contributed by atoms with Gasteiger partial charge in [0.2, 0.25) is 0 Å². The highest BCUT2D eigenvalue weighted by Crippen LogP contribution is 2.70. The van der Waals surface area contributed by atoms with Gasteiger partial charge in [-0.3, -0.25) is 0 Å². The Bertz CT molecular complexity index is 223. The van der Waals surface area contributed by atoms with Crippen LogP contribution in [0, 0.1) is 11.3 Å². The van der Waals surface area contributed by atoms with Gasteiger partial charge in [0, 0.05) is 6.42 Å². The van der Waals surface area contributed by atoms with Gasteiger partial charge in [-0.1, -0.05) is 18.6 Å². The van der Waals surface area contributed by atoms with Crippen LogP contribution in [0.25, 0.3) is 0 Å². The summed E-state index contributed by atoms with van der Waals surface area (Å²) >= 11 is 0. The molecule has 0 heterocycles. The molecule has 1 nitrogen and oxygen atoms in total. The zero-order chi connectivity index (χ0) is 8.06. The molecule has 0 N–H and O–H groups in total. The Labute approximate surface area is 67.5 Å². The summed E-state index contributed by atoms with van der Waals surface area (Å²) in [6.45, 7) is 5.70. The van der Waals surface area contributed by atoms with Crippen LogP contribution in [0.3, 0.4) is 0 Å². The molecule has 1 atom stereocenters. The molecular weight excluding hydrogens is 136 g/mol. The number of allylic oxidation sites excluding steroid dienone is 1. The molecule has 2 aliphatic carbocycles. The lowest BCUT2D eigenvalue weighted by atomic mass is 9.78. The van der Waals surface area contributed by atoms with Crippen LogP contribution >= 0.6 is 0 Å². The second-order valence-corrected chi connectivity index (χ2v) is 3.99. The molecule has 1 spiro atoms. The Morgan fingerprint density at radius 2 is 2.36 bits per heavy atom. The van der Waals surface area contributed by atoms with E-state index in [0.717, 1.165) is 6.42 Å². The molecule has 1 heteroatoms. The van der Waals surface area contributed by atoms with Crippen LogP contribution in [0.2, 0.25) is 0 Å². The monoisotopic (exact) mass is 150 g/mol. The first kappa shape index (κ1) is 7.08. The lowest BCUT2D eigenvalue weighted by Gasteiger charge is -2.25. The molecule has 2 saturated carbocycles. The van der Waals surface area contributed by atoms with Crippen molar-refractivity contribution in [3.8, 4) is 0 Å². The van der Waals surface area contributed by atoms with Crippen LogP contribution in [0.1, 0.15) is 32.6 Å². The van der Waals surface area contributed by atoms with Gasteiger partial charge in [0.25, 0.3) is 0 Å². The molecule has 0 aromatic rings. The molecule has 2 rings (SSSR count). The van der Waals surface area contributed by atoms with E-state index in [1.54, 1.807) is 6.92 Å². The largest absolute Gasteiger partial charge is 0.300 e. The quantitative estimate of drug-likeness (QED) is 0.552. The number of carbonyl (C=O) groups excluding carboxylic acids is 1. The zero-order valence-electron chi connectivity index (χ0n) is 7.02. The Morgan fingerprint density at radius 1 is 1.73 bits per heavy atom. The molecule has 0 amide bonds. The third-order valence-electron chi connectivity index (χ3n) is 3.38. The third-order valence-corrected chi connectivity index (χ3v) is 3.38. The van der Waals surface area contributed by atoms with E-state index in [9.17, 15) is 4.79 Å². The first-order chi connectivity index (χ1) is 5.17. The smallest absolute Gasteiger partial charge is 0.130 e. The van der Waals surface area contributed by atoms with Gasteiger partial charge >= 0.3 is 0 Å². The second kappa shape index (κ2) is 1.96. The van der Waals surface area contributed by atoms with E-state index in [4.69, 9.17) is 0 Å². The van der Waals surface area contributed by atoms with Gasteiger partial charge in [-0.2, -0.15) is 0 Å². The van der Waals surface area contributed by atoms with Crippen LogP contribution in [0.15, 0.2) is 12.2 Å². The minimum absolute atomic E-state index is 0.319. The lowest BCUT2D eigenvalue weighted by molar-refractivity contribution is -0.117. The molecule has 2 aliphatic rings. The van der Waals surface area contributed by atoms with Crippen molar-refractivity contribution in [3.05, 3.63) is 12.2 Å². The van der Waals surface area contributed by atoms with Crippen molar-refractivity contribution in [2.45, 2.75) is 32.6 Å². The van der Waals surface area contributed by atoms with Gasteiger partial charge in [-0.15, -0.1) is 0 Å². The van der Waals surface area contributed by atoms with Crippen LogP contribution in [0.4, 0.5) is 0 Å². The third kappa shape index (κ3) is 0.800. The molecule has 2 fully saturated rings. The predicted molar refractivity (Wildman–Crippen MR) is 44.2 cm³/mol. The summed E-state index contributed by atoms with van der Waals surface area (Å²) in [5, 5.41) is 0. The molecule has 0 radical (unpaired) electrons. The summed E-state index contributed by atoms with van der Waals surface area (Å²) in [7, 11) is 0. The summed E-state index contributed by atoms with van der Waals surface area (Å²) in [6.07, 6.45) is 4.68. The van der Waals surface area contributed by atoms with Crippen LogP contribution in [-0.4, -0.2) is 5.78 Å². The molecule has 60 valence electrons. The highest BCUT2D eigenvalue weighted by atomic mass is 16.1. The molecule has 0 aromatic heterocycles. The van der Waals surface area contributed by atoms with Gasteiger partial charge in [0.1, 0.15) is 5.78 Å². The van der Waals surface area contributed by atoms with E-state index in [1.807, 2.05) is 0 Å². The van der Waals surface area contributed by atoms with E-state index in [0.29, 0.717) is 17.1 Å². The fourth-order valence-corrected chi connectivity index (χ4v) is 2.41. The predicted octanol–water partition coefficient (Wildman–Crippen LogP) is 2.32. The van der Waals surface area contributed by atoms with Crippen molar-refractivity contribution in [3.63, 3.8) is 0 Å². The van der Waals surface area contributed by atoms with Gasteiger partial charge < -0.3 is 4.79 Å². The Kier molecular flexibility index (Phi) is 1.26. The average Bonchev–Trinajstić information content (AvgIpc) is 2.34. The SMILES string of the molecule is C=C1C(CC(C)=O)C12CCC2. The summed E-state index contributed by atoms with van der Waals surface area (Å²) in [4.78, 5) is 10.8. The summed E-state index contributed by atoms with van der Waals surface area (Å²) in [5.41, 5.74) is 1.82. The Morgan fingerprint density at radius 3 is 2.64 bits per heavy atom. The Hall–Kier alpha value is -0.590. The molecule has 0 aromatic carbocycles. The maximum absolute atomic E-state index is 10.8. The molecule has 0 bridgehead atoms. The molecular formula is C10H14O. The number of Topliss-reactive ketones (excluding diaryl/α,β-unsaturated/α-hetero) is 1. The highest BCUT2D eigenvalue weighted by molar-refractivity contribution is 5.77.